The fourth-order valence-electron chi connectivity index (χ4n) is 4.23. The van der Waals surface area contributed by atoms with Crippen LogP contribution in [0, 0.1) is 17.8 Å². The molecule has 0 unspecified atom stereocenters. The zero-order chi connectivity index (χ0) is 18.1. The van der Waals surface area contributed by atoms with Crippen LogP contribution in [0.25, 0.3) is 0 Å². The van der Waals surface area contributed by atoms with Crippen LogP contribution in [0.2, 0.25) is 0 Å². The lowest BCUT2D eigenvalue weighted by atomic mass is 9.87. The number of esters is 1. The van der Waals surface area contributed by atoms with Crippen molar-refractivity contribution in [2.75, 3.05) is 6.54 Å². The molecule has 0 aromatic carbocycles. The van der Waals surface area contributed by atoms with Gasteiger partial charge in [-0.15, -0.1) is 0 Å². The molecule has 1 aliphatic heterocycles. The first-order valence-electron chi connectivity index (χ1n) is 9.88. The Hall–Kier alpha value is -1.98. The van der Waals surface area contributed by atoms with Crippen LogP contribution in [0.5, 0.6) is 0 Å². The summed E-state index contributed by atoms with van der Waals surface area (Å²) in [4.78, 5) is 35.7. The number of hydrogen-bond acceptors (Lipinski definition) is 5. The summed E-state index contributed by atoms with van der Waals surface area (Å²) < 4.78 is 5.80. The summed E-state index contributed by atoms with van der Waals surface area (Å²) in [5, 5.41) is 0. The molecule has 6 nitrogen and oxygen atoms in total. The van der Waals surface area contributed by atoms with Gasteiger partial charge in [0.1, 0.15) is 0 Å². The van der Waals surface area contributed by atoms with E-state index < -0.39 is 0 Å². The van der Waals surface area contributed by atoms with Crippen LogP contribution in [-0.2, 0) is 14.3 Å². The predicted octanol–water partition coefficient (Wildman–Crippen LogP) is 2.90. The van der Waals surface area contributed by atoms with Gasteiger partial charge in [0.15, 0.2) is 11.9 Å². The van der Waals surface area contributed by atoms with Crippen LogP contribution in [0.4, 0.5) is 0 Å². The van der Waals surface area contributed by atoms with E-state index in [1.165, 1.54) is 12.8 Å². The van der Waals surface area contributed by atoms with Crippen molar-refractivity contribution in [1.82, 2.24) is 14.9 Å². The Balaban J connectivity index is 1.38. The van der Waals surface area contributed by atoms with E-state index in [4.69, 9.17) is 4.74 Å². The molecule has 1 aromatic rings. The second-order valence-corrected chi connectivity index (χ2v) is 8.16. The van der Waals surface area contributed by atoms with Crippen LogP contribution >= 0.6 is 0 Å². The smallest absolute Gasteiger partial charge is 0.312 e. The van der Waals surface area contributed by atoms with Gasteiger partial charge in [0, 0.05) is 37.3 Å². The van der Waals surface area contributed by atoms with Gasteiger partial charge in [-0.25, -0.2) is 9.97 Å². The standard InChI is InChI=1S/C20H27N3O3/c1-13-3-7-16(8-4-13)23-12-15(11-17(23)24)20(25)26-18(14-5-6-14)19-21-9-2-10-22-19/h2,9-10,13-16,18H,3-8,11-12H2,1H3/t13?,15-,16?,18-/m1/s1. The Labute approximate surface area is 154 Å². The van der Waals surface area contributed by atoms with Crippen molar-refractivity contribution in [1.29, 1.82) is 0 Å². The molecule has 2 aliphatic carbocycles. The van der Waals surface area contributed by atoms with Gasteiger partial charge < -0.3 is 9.64 Å². The Morgan fingerprint density at radius 1 is 1.15 bits per heavy atom. The monoisotopic (exact) mass is 357 g/mol. The van der Waals surface area contributed by atoms with E-state index in [0.717, 1.165) is 31.6 Å². The number of carbonyl (C=O) groups excluding carboxylic acids is 2. The van der Waals surface area contributed by atoms with E-state index in [9.17, 15) is 9.59 Å². The maximum atomic E-state index is 12.7. The van der Waals surface area contributed by atoms with Crippen molar-refractivity contribution >= 4 is 11.9 Å². The van der Waals surface area contributed by atoms with Crippen molar-refractivity contribution in [2.24, 2.45) is 17.8 Å². The zero-order valence-electron chi connectivity index (χ0n) is 15.3. The molecule has 0 spiro atoms. The fourth-order valence-corrected chi connectivity index (χ4v) is 4.23. The Bertz CT molecular complexity index is 654. The summed E-state index contributed by atoms with van der Waals surface area (Å²) >= 11 is 0. The zero-order valence-corrected chi connectivity index (χ0v) is 15.3. The van der Waals surface area contributed by atoms with Crippen molar-refractivity contribution in [3.63, 3.8) is 0 Å². The van der Waals surface area contributed by atoms with E-state index in [-0.39, 0.29) is 30.3 Å². The minimum absolute atomic E-state index is 0.102. The van der Waals surface area contributed by atoms with Gasteiger partial charge in [0.2, 0.25) is 5.91 Å². The number of aromatic nitrogens is 2. The normalized spacial score (nSPS) is 30.3. The SMILES string of the molecule is CC1CCC(N2C[C@H](C(=O)O[C@@H](c3ncccn3)C3CC3)CC2=O)CC1. The largest absolute Gasteiger partial charge is 0.454 e. The van der Waals surface area contributed by atoms with Crippen LogP contribution < -0.4 is 0 Å². The van der Waals surface area contributed by atoms with Crippen molar-refractivity contribution < 1.29 is 14.3 Å². The van der Waals surface area contributed by atoms with Gasteiger partial charge in [-0.3, -0.25) is 9.59 Å². The Morgan fingerprint density at radius 2 is 1.85 bits per heavy atom. The number of ether oxygens (including phenoxy) is 1. The second kappa shape index (κ2) is 7.33. The fraction of sp³-hybridized carbons (Fsp3) is 0.700. The Kier molecular flexibility index (Phi) is 4.92. The summed E-state index contributed by atoms with van der Waals surface area (Å²) in [5.74, 6) is 1.11. The number of nitrogens with zero attached hydrogens (tertiary/aromatic N) is 3. The number of rotatable bonds is 5. The van der Waals surface area contributed by atoms with E-state index in [1.54, 1.807) is 18.5 Å². The summed E-state index contributed by atoms with van der Waals surface area (Å²) in [6, 6.07) is 2.06. The van der Waals surface area contributed by atoms with Crippen molar-refractivity contribution in [3.05, 3.63) is 24.3 Å². The van der Waals surface area contributed by atoms with Crippen LogP contribution in [0.15, 0.2) is 18.5 Å². The van der Waals surface area contributed by atoms with Gasteiger partial charge >= 0.3 is 5.97 Å². The molecule has 2 atom stereocenters. The third-order valence-electron chi connectivity index (χ3n) is 6.05. The molecule has 1 saturated heterocycles. The lowest BCUT2D eigenvalue weighted by molar-refractivity contribution is -0.156. The number of hydrogen-bond donors (Lipinski definition) is 0. The van der Waals surface area contributed by atoms with E-state index in [0.29, 0.717) is 24.3 Å². The average Bonchev–Trinajstić information content (AvgIpc) is 3.42. The topological polar surface area (TPSA) is 72.4 Å². The lowest BCUT2D eigenvalue weighted by Crippen LogP contribution is -2.39. The highest BCUT2D eigenvalue weighted by atomic mass is 16.5. The Morgan fingerprint density at radius 3 is 2.50 bits per heavy atom. The molecule has 140 valence electrons. The van der Waals surface area contributed by atoms with Crippen molar-refractivity contribution in [2.45, 2.75) is 64.0 Å². The molecular weight excluding hydrogens is 330 g/mol. The highest BCUT2D eigenvalue weighted by Gasteiger charge is 2.43. The highest BCUT2D eigenvalue weighted by Crippen LogP contribution is 2.43. The third-order valence-corrected chi connectivity index (χ3v) is 6.05. The van der Waals surface area contributed by atoms with E-state index in [1.807, 2.05) is 4.90 Å². The van der Waals surface area contributed by atoms with Crippen LogP contribution in [0.1, 0.15) is 63.8 Å². The molecule has 3 aliphatic rings. The quantitative estimate of drug-likeness (QED) is 0.758. The van der Waals surface area contributed by atoms with Gasteiger partial charge in [0.05, 0.1) is 5.92 Å². The van der Waals surface area contributed by atoms with Gasteiger partial charge in [-0.05, 0) is 50.5 Å². The van der Waals surface area contributed by atoms with E-state index in [2.05, 4.69) is 16.9 Å². The molecule has 2 saturated carbocycles. The molecule has 2 heterocycles. The van der Waals surface area contributed by atoms with Crippen LogP contribution in [0.3, 0.4) is 0 Å². The van der Waals surface area contributed by atoms with Gasteiger partial charge in [-0.2, -0.15) is 0 Å². The molecule has 6 heteroatoms. The predicted molar refractivity (Wildman–Crippen MR) is 94.8 cm³/mol. The number of amides is 1. The van der Waals surface area contributed by atoms with Crippen LogP contribution in [-0.4, -0.2) is 39.3 Å². The molecule has 1 amide bonds. The molecular formula is C20H27N3O3. The minimum Gasteiger partial charge on any atom is -0.454 e. The van der Waals surface area contributed by atoms with Crippen molar-refractivity contribution in [3.8, 4) is 0 Å². The summed E-state index contributed by atoms with van der Waals surface area (Å²) in [6.07, 6.45) is 9.76. The number of carbonyl (C=O) groups is 2. The molecule has 26 heavy (non-hydrogen) atoms. The lowest BCUT2D eigenvalue weighted by Gasteiger charge is -2.33. The minimum atomic E-state index is -0.372. The van der Waals surface area contributed by atoms with Gasteiger partial charge in [-0.1, -0.05) is 6.92 Å². The maximum Gasteiger partial charge on any atom is 0.312 e. The second-order valence-electron chi connectivity index (χ2n) is 8.16. The van der Waals surface area contributed by atoms with Gasteiger partial charge in [0.25, 0.3) is 0 Å². The average molecular weight is 357 g/mol. The molecule has 4 rings (SSSR count). The molecule has 3 fully saturated rings. The molecule has 0 N–H and O–H groups in total. The van der Waals surface area contributed by atoms with E-state index >= 15 is 0 Å². The maximum absolute atomic E-state index is 12.7. The third kappa shape index (κ3) is 3.74. The first-order valence-corrected chi connectivity index (χ1v) is 9.88. The molecule has 0 bridgehead atoms. The first kappa shape index (κ1) is 17.4. The summed E-state index contributed by atoms with van der Waals surface area (Å²) in [5.41, 5.74) is 0. The highest BCUT2D eigenvalue weighted by molar-refractivity contribution is 5.87. The summed E-state index contributed by atoms with van der Waals surface area (Å²) in [7, 11) is 0. The first-order chi connectivity index (χ1) is 12.6. The number of likely N-dealkylation sites (tertiary alicyclic amines) is 1. The molecule has 1 aromatic heterocycles. The summed E-state index contributed by atoms with van der Waals surface area (Å²) in [6.45, 7) is 2.77. The molecule has 0 radical (unpaired) electrons.